The standard InChI is InChI=1S/2C27H32N6O2.C26H29FN6O2.C25H28N6O2/c1-18(2)32-9-6-10-33(26-12-21(34-4)13-27(35-5)22(26)17-32)20-7-8-23-24(11-20)30-25(15-28-23)19-14-29-31(3)16-19;1-6-32-16-19(14-29-32)25-15-28-23-8-7-20(11-24(23)30-25)33-10-9-31(18(2)3)17-22-26(33)12-21(34-4)13-27(22)35-5;1-16(2)32-8-9-33(26-19(15-32)23(34-4)11-24(35-5)25(26)27)18-6-7-20-21(10-18)30-22(13-28-20)17-12-29-31(3)14-17;1-5-30-15-17(13-27-30)23-14-26-21-7-6-18(10-22(21)28-23)31-9-8-29(2)16-20-24(31)11-19(32-3)12-25(20)33-4/h2*7-8,11-16,18H,6,9-10,17H2,1-5H3;6-7,10-14,16H,8-9,15H2,1-5H3;6-7,10-15H,5,8-9,16H2,1-4H3. The highest BCUT2D eigenvalue weighted by atomic mass is 19.1. The van der Waals surface area contributed by atoms with Crippen LogP contribution in [0.4, 0.5) is 49.9 Å². The average molecular weight is 1870 g/mol. The molecular formula is C105H121FN24O8. The number of benzene rings is 8. The van der Waals surface area contributed by atoms with E-state index in [0.29, 0.717) is 42.7 Å². The molecule has 138 heavy (non-hydrogen) atoms. The maximum atomic E-state index is 15.8. The molecule has 0 aliphatic carbocycles. The van der Waals surface area contributed by atoms with Crippen LogP contribution in [0.1, 0.15) is 84.1 Å². The van der Waals surface area contributed by atoms with Gasteiger partial charge in [0.05, 0.1) is 196 Å². The van der Waals surface area contributed by atoms with Crippen molar-refractivity contribution in [1.29, 1.82) is 0 Å². The van der Waals surface area contributed by atoms with E-state index < -0.39 is 5.82 Å². The number of fused-ring (bicyclic) bond motifs is 8. The molecular weight excluding hydrogens is 1740 g/mol. The molecule has 0 fully saturated rings. The Labute approximate surface area is 804 Å². The number of ether oxygens (including phenoxy) is 8. The van der Waals surface area contributed by atoms with E-state index >= 15 is 4.39 Å². The van der Waals surface area contributed by atoms with Gasteiger partial charge in [-0.1, -0.05) is 0 Å². The summed E-state index contributed by atoms with van der Waals surface area (Å²) in [6.07, 6.45) is 23.3. The van der Waals surface area contributed by atoms with E-state index in [4.69, 9.17) is 57.8 Å². The van der Waals surface area contributed by atoms with Crippen LogP contribution in [0, 0.1) is 5.82 Å². The molecule has 0 N–H and O–H groups in total. The van der Waals surface area contributed by atoms with Gasteiger partial charge < -0.3 is 62.4 Å². The van der Waals surface area contributed by atoms with Gasteiger partial charge in [-0.05, 0) is 142 Å². The molecule has 0 amide bonds. The third kappa shape index (κ3) is 20.3. The summed E-state index contributed by atoms with van der Waals surface area (Å²) >= 11 is 0. The first-order chi connectivity index (χ1) is 66.9. The summed E-state index contributed by atoms with van der Waals surface area (Å²) in [7, 11) is 19.2. The molecule has 4 aliphatic rings. The largest absolute Gasteiger partial charge is 0.497 e. The van der Waals surface area contributed by atoms with Crippen LogP contribution in [0.2, 0.25) is 0 Å². The number of rotatable bonds is 21. The number of halogens is 1. The van der Waals surface area contributed by atoms with E-state index in [9.17, 15) is 0 Å². The minimum atomic E-state index is -0.399. The molecule has 0 atom stereocenters. The summed E-state index contributed by atoms with van der Waals surface area (Å²) in [6.45, 7) is 28.8. The van der Waals surface area contributed by atoms with Gasteiger partial charge in [-0.2, -0.15) is 20.4 Å². The van der Waals surface area contributed by atoms with Crippen LogP contribution in [-0.2, 0) is 53.4 Å². The number of hydrogen-bond acceptors (Lipinski definition) is 28. The Morgan fingerprint density at radius 1 is 0.312 bits per heavy atom. The Morgan fingerprint density at radius 3 is 0.986 bits per heavy atom. The van der Waals surface area contributed by atoms with Crippen LogP contribution >= 0.6 is 0 Å². The Bertz CT molecular complexity index is 7040. The summed E-state index contributed by atoms with van der Waals surface area (Å²) < 4.78 is 68.4. The third-order valence-corrected chi connectivity index (χ3v) is 26.0. The first-order valence-electron chi connectivity index (χ1n) is 46.8. The van der Waals surface area contributed by atoms with E-state index in [1.807, 2.05) is 139 Å². The Hall–Kier alpha value is -14.7. The highest BCUT2D eigenvalue weighted by Crippen LogP contribution is 2.48. The Morgan fingerprint density at radius 2 is 0.638 bits per heavy atom. The fourth-order valence-electron chi connectivity index (χ4n) is 18.2. The van der Waals surface area contributed by atoms with Crippen LogP contribution in [0.3, 0.4) is 0 Å². The fourth-order valence-corrected chi connectivity index (χ4v) is 18.2. The SMILES string of the molecule is CCn1cc(-c2cnc3ccc(N4CCN(C(C)C)Cc5c(OC)cc(OC)cc54)cc3n2)cn1.CCn1cc(-c2cnc3ccc(N4CCN(C)Cc5c(OC)cc(OC)cc54)cc3n2)cn1.COc1cc(OC)c2c(c1)N(c1ccc3ncc(-c4cnn(C)c4)nc3c1)CCCN(C(C)C)C2.COc1cc(OC)c2c(c1F)N(c1ccc3ncc(-c4cnn(C)c4)nc3c1)CCN(C(C)C)C2. The second-order valence-corrected chi connectivity index (χ2v) is 35.5. The average Bonchev–Trinajstić information content (AvgIpc) is 1.40. The van der Waals surface area contributed by atoms with Crippen LogP contribution in [0.5, 0.6) is 46.0 Å². The smallest absolute Gasteiger partial charge is 0.189 e. The molecule has 32 nitrogen and oxygen atoms in total. The fraction of sp³-hybridized carbons (Fsp3) is 0.352. The summed E-state index contributed by atoms with van der Waals surface area (Å²) in [5.41, 5.74) is 25.6. The van der Waals surface area contributed by atoms with Gasteiger partial charge in [-0.25, -0.2) is 24.3 Å². The lowest BCUT2D eigenvalue weighted by atomic mass is 10.0. The summed E-state index contributed by atoms with van der Waals surface area (Å²) in [5, 5.41) is 17.3. The van der Waals surface area contributed by atoms with Crippen LogP contribution in [0.25, 0.3) is 89.2 Å². The molecule has 0 bridgehead atoms. The maximum absolute atomic E-state index is 15.8. The molecule has 0 saturated heterocycles. The minimum absolute atomic E-state index is 0.156. The van der Waals surface area contributed by atoms with Crippen molar-refractivity contribution in [2.24, 2.45) is 14.1 Å². The topological polar surface area (TPSA) is 274 Å². The lowest BCUT2D eigenvalue weighted by Gasteiger charge is -2.36. The van der Waals surface area contributed by atoms with Crippen molar-refractivity contribution in [2.45, 2.75) is 119 Å². The number of nitrogens with zero attached hydrogens (tertiary/aromatic N) is 24. The molecule has 0 radical (unpaired) electrons. The van der Waals surface area contributed by atoms with E-state index in [-0.39, 0.29) is 5.75 Å². The summed E-state index contributed by atoms with van der Waals surface area (Å²) in [6, 6.07) is 39.6. The van der Waals surface area contributed by atoms with Crippen LogP contribution < -0.4 is 57.5 Å². The van der Waals surface area contributed by atoms with Crippen molar-refractivity contribution in [3.8, 4) is 91.0 Å². The lowest BCUT2D eigenvalue weighted by Crippen LogP contribution is -2.36. The number of aryl methyl sites for hydroxylation is 4. The zero-order chi connectivity index (χ0) is 96.7. The van der Waals surface area contributed by atoms with Gasteiger partial charge in [0.2, 0.25) is 0 Å². The van der Waals surface area contributed by atoms with Crippen molar-refractivity contribution < 1.29 is 42.3 Å². The van der Waals surface area contributed by atoms with E-state index in [0.717, 1.165) is 271 Å². The number of likely N-dealkylation sites (N-methyl/N-ethyl adjacent to an activating group) is 1. The van der Waals surface area contributed by atoms with Crippen molar-refractivity contribution in [2.75, 3.05) is 136 Å². The second kappa shape index (κ2) is 41.9. The van der Waals surface area contributed by atoms with Crippen molar-refractivity contribution in [3.05, 3.63) is 218 Å². The van der Waals surface area contributed by atoms with Gasteiger partial charge in [0, 0.05) is 258 Å². The van der Waals surface area contributed by atoms with Crippen molar-refractivity contribution in [1.82, 2.24) is 98.6 Å². The number of anilines is 8. The highest BCUT2D eigenvalue weighted by Gasteiger charge is 2.34. The maximum Gasteiger partial charge on any atom is 0.189 e. The quantitative estimate of drug-likeness (QED) is 0.0646. The number of aromatic nitrogens is 16. The Kier molecular flexibility index (Phi) is 28.9. The molecule has 0 saturated carbocycles. The van der Waals surface area contributed by atoms with Gasteiger partial charge in [0.15, 0.2) is 11.6 Å². The molecule has 16 aromatic rings. The first-order valence-corrected chi connectivity index (χ1v) is 46.8. The molecule has 8 aromatic heterocycles. The molecule has 0 spiro atoms. The molecule has 8 aromatic carbocycles. The zero-order valence-electron chi connectivity index (χ0n) is 82.1. The predicted molar refractivity (Wildman–Crippen MR) is 540 cm³/mol. The molecule has 12 heterocycles. The van der Waals surface area contributed by atoms with Gasteiger partial charge in [0.25, 0.3) is 0 Å². The van der Waals surface area contributed by atoms with Gasteiger partial charge in [0.1, 0.15) is 40.2 Å². The molecule has 716 valence electrons. The van der Waals surface area contributed by atoms with Crippen molar-refractivity contribution >= 4 is 89.6 Å². The normalized spacial score (nSPS) is 14.4. The zero-order valence-corrected chi connectivity index (χ0v) is 82.1. The third-order valence-electron chi connectivity index (χ3n) is 26.0. The van der Waals surface area contributed by atoms with Crippen LogP contribution in [-0.4, -0.2) is 233 Å². The molecule has 20 rings (SSSR count). The summed E-state index contributed by atoms with van der Waals surface area (Å²) in [4.78, 5) is 56.7. The molecule has 4 aliphatic heterocycles. The molecule has 33 heteroatoms. The minimum Gasteiger partial charge on any atom is -0.497 e. The second-order valence-electron chi connectivity index (χ2n) is 35.5. The first kappa shape index (κ1) is 95.1. The van der Waals surface area contributed by atoms with Gasteiger partial charge in [-0.3, -0.25) is 53.4 Å². The van der Waals surface area contributed by atoms with E-state index in [1.165, 1.54) is 7.11 Å². The van der Waals surface area contributed by atoms with E-state index in [1.54, 1.807) is 83.8 Å². The predicted octanol–water partition coefficient (Wildman–Crippen LogP) is 18.4. The van der Waals surface area contributed by atoms with E-state index in [2.05, 4.69) is 192 Å². The Balaban J connectivity index is 0.000000127. The van der Waals surface area contributed by atoms with Gasteiger partial charge in [-0.15, -0.1) is 0 Å². The number of methoxy groups -OCH3 is 8. The van der Waals surface area contributed by atoms with Crippen molar-refractivity contribution in [3.63, 3.8) is 0 Å². The molecule has 0 unspecified atom stereocenters. The summed E-state index contributed by atoms with van der Waals surface area (Å²) in [5.74, 6) is 5.21. The van der Waals surface area contributed by atoms with Gasteiger partial charge >= 0.3 is 0 Å². The van der Waals surface area contributed by atoms with Crippen LogP contribution in [0.15, 0.2) is 190 Å². The highest BCUT2D eigenvalue weighted by molar-refractivity contribution is 5.89. The lowest BCUT2D eigenvalue weighted by molar-refractivity contribution is 0.206. The number of hydrogen-bond donors (Lipinski definition) is 0. The monoisotopic (exact) mass is 1860 g/mol.